The number of nitrogens with zero attached hydrogens (tertiary/aromatic N) is 1. The van der Waals surface area contributed by atoms with Crippen LogP contribution in [-0.2, 0) is 4.79 Å². The fourth-order valence-corrected chi connectivity index (χ4v) is 2.32. The van der Waals surface area contributed by atoms with Crippen LogP contribution in [0.3, 0.4) is 0 Å². The molecule has 0 aliphatic carbocycles. The first-order chi connectivity index (χ1) is 6.46. The number of carbonyl (C=O) groups excluding carboxylic acids is 1. The van der Waals surface area contributed by atoms with Gasteiger partial charge in [-0.15, -0.1) is 0 Å². The van der Waals surface area contributed by atoms with E-state index in [1.807, 2.05) is 13.8 Å². The predicted octanol–water partition coefficient (Wildman–Crippen LogP) is 2.48. The number of carbonyl (C=O) groups is 1. The Hall–Kier alpha value is -0.370. The first kappa shape index (κ1) is 11.7. The molecule has 0 atom stereocenters. The second-order valence-corrected chi connectivity index (χ2v) is 5.13. The Morgan fingerprint density at radius 3 is 2.07 bits per heavy atom. The average molecular weight is 197 g/mol. The van der Waals surface area contributed by atoms with E-state index in [1.54, 1.807) is 0 Å². The van der Waals surface area contributed by atoms with Gasteiger partial charge in [0.05, 0.1) is 5.54 Å². The topological polar surface area (TPSA) is 20.3 Å². The van der Waals surface area contributed by atoms with E-state index in [2.05, 4.69) is 18.7 Å². The highest BCUT2D eigenvalue weighted by Crippen LogP contribution is 2.23. The summed E-state index contributed by atoms with van der Waals surface area (Å²) < 4.78 is 0. The number of ketones is 1. The lowest BCUT2D eigenvalue weighted by atomic mass is 9.87. The number of hydrogen-bond acceptors (Lipinski definition) is 2. The lowest BCUT2D eigenvalue weighted by Crippen LogP contribution is -2.53. The normalized spacial score (nSPS) is 20.1. The molecule has 0 spiro atoms. The Morgan fingerprint density at radius 1 is 1.14 bits per heavy atom. The van der Waals surface area contributed by atoms with Crippen LogP contribution in [0.15, 0.2) is 0 Å². The maximum absolute atomic E-state index is 12.0. The molecule has 0 radical (unpaired) electrons. The quantitative estimate of drug-likeness (QED) is 0.692. The van der Waals surface area contributed by atoms with Crippen molar-refractivity contribution in [2.75, 3.05) is 13.1 Å². The van der Waals surface area contributed by atoms with Crippen LogP contribution < -0.4 is 0 Å². The Balaban J connectivity index is 2.66. The first-order valence-electron chi connectivity index (χ1n) is 5.75. The Labute approximate surface area is 87.7 Å². The van der Waals surface area contributed by atoms with Gasteiger partial charge in [0.2, 0.25) is 0 Å². The molecule has 2 heteroatoms. The van der Waals surface area contributed by atoms with Crippen molar-refractivity contribution >= 4 is 5.78 Å². The zero-order chi connectivity index (χ0) is 10.8. The number of rotatable bonds is 3. The molecular weight excluding hydrogens is 174 g/mol. The highest BCUT2D eigenvalue weighted by atomic mass is 16.1. The van der Waals surface area contributed by atoms with E-state index in [4.69, 9.17) is 0 Å². The van der Waals surface area contributed by atoms with Gasteiger partial charge in [0, 0.05) is 5.92 Å². The Bertz CT molecular complexity index is 202. The van der Waals surface area contributed by atoms with Gasteiger partial charge in [0.15, 0.2) is 5.78 Å². The monoisotopic (exact) mass is 197 g/mol. The van der Waals surface area contributed by atoms with Crippen molar-refractivity contribution in [3.05, 3.63) is 0 Å². The van der Waals surface area contributed by atoms with Crippen LogP contribution in [-0.4, -0.2) is 29.3 Å². The van der Waals surface area contributed by atoms with Crippen molar-refractivity contribution < 1.29 is 4.79 Å². The van der Waals surface area contributed by atoms with Crippen molar-refractivity contribution in [3.8, 4) is 0 Å². The Kier molecular flexibility index (Phi) is 3.71. The van der Waals surface area contributed by atoms with E-state index >= 15 is 0 Å². The van der Waals surface area contributed by atoms with E-state index in [0.29, 0.717) is 5.78 Å². The summed E-state index contributed by atoms with van der Waals surface area (Å²) in [5, 5.41) is 0. The number of likely N-dealkylation sites (tertiary alicyclic amines) is 1. The molecule has 82 valence electrons. The van der Waals surface area contributed by atoms with Gasteiger partial charge in [-0.25, -0.2) is 0 Å². The summed E-state index contributed by atoms with van der Waals surface area (Å²) in [4.78, 5) is 14.4. The number of piperidine rings is 1. The maximum Gasteiger partial charge on any atom is 0.155 e. The second kappa shape index (κ2) is 4.43. The van der Waals surface area contributed by atoms with Gasteiger partial charge in [-0.05, 0) is 39.8 Å². The van der Waals surface area contributed by atoms with Crippen LogP contribution in [0, 0.1) is 5.92 Å². The van der Waals surface area contributed by atoms with Crippen LogP contribution >= 0.6 is 0 Å². The summed E-state index contributed by atoms with van der Waals surface area (Å²) in [5.74, 6) is 0.520. The van der Waals surface area contributed by atoms with E-state index in [1.165, 1.54) is 19.3 Å². The zero-order valence-electron chi connectivity index (χ0n) is 9.97. The molecule has 0 bridgehead atoms. The van der Waals surface area contributed by atoms with E-state index in [9.17, 15) is 4.79 Å². The molecule has 0 aromatic carbocycles. The summed E-state index contributed by atoms with van der Waals surface area (Å²) in [5.41, 5.74) is -0.255. The molecule has 1 saturated heterocycles. The summed E-state index contributed by atoms with van der Waals surface area (Å²) in [7, 11) is 0. The molecule has 2 nitrogen and oxygen atoms in total. The number of Topliss-reactive ketones (excluding diaryl/α,β-unsaturated/α-hetero) is 1. The van der Waals surface area contributed by atoms with Crippen LogP contribution in [0.1, 0.15) is 47.0 Å². The zero-order valence-corrected chi connectivity index (χ0v) is 9.97. The fraction of sp³-hybridized carbons (Fsp3) is 0.917. The lowest BCUT2D eigenvalue weighted by Gasteiger charge is -2.40. The largest absolute Gasteiger partial charge is 0.297 e. The molecule has 1 heterocycles. The van der Waals surface area contributed by atoms with E-state index in [0.717, 1.165) is 13.1 Å². The molecule has 0 aromatic heterocycles. The van der Waals surface area contributed by atoms with Gasteiger partial charge in [0.1, 0.15) is 0 Å². The minimum absolute atomic E-state index is 0.145. The fourth-order valence-electron chi connectivity index (χ4n) is 2.32. The van der Waals surface area contributed by atoms with Gasteiger partial charge in [-0.2, -0.15) is 0 Å². The summed E-state index contributed by atoms with van der Waals surface area (Å²) in [6.07, 6.45) is 3.81. The SMILES string of the molecule is CC(C)C(=O)C(C)(C)N1CCCCC1. The van der Waals surface area contributed by atoms with E-state index < -0.39 is 0 Å². The third-order valence-electron chi connectivity index (χ3n) is 3.27. The van der Waals surface area contributed by atoms with Gasteiger partial charge >= 0.3 is 0 Å². The van der Waals surface area contributed by atoms with Crippen LogP contribution in [0.5, 0.6) is 0 Å². The molecule has 0 saturated carbocycles. The molecule has 1 aliphatic rings. The highest BCUT2D eigenvalue weighted by Gasteiger charge is 2.35. The van der Waals surface area contributed by atoms with Crippen molar-refractivity contribution in [1.29, 1.82) is 0 Å². The third-order valence-corrected chi connectivity index (χ3v) is 3.27. The molecule has 0 N–H and O–H groups in total. The molecular formula is C12H23NO. The summed E-state index contributed by atoms with van der Waals surface area (Å²) >= 11 is 0. The van der Waals surface area contributed by atoms with Gasteiger partial charge in [0.25, 0.3) is 0 Å². The first-order valence-corrected chi connectivity index (χ1v) is 5.75. The molecule has 1 aliphatic heterocycles. The molecule has 0 amide bonds. The predicted molar refractivity (Wildman–Crippen MR) is 59.3 cm³/mol. The van der Waals surface area contributed by atoms with Crippen molar-refractivity contribution in [3.63, 3.8) is 0 Å². The van der Waals surface area contributed by atoms with Crippen LogP contribution in [0.2, 0.25) is 0 Å². The second-order valence-electron chi connectivity index (χ2n) is 5.13. The van der Waals surface area contributed by atoms with E-state index in [-0.39, 0.29) is 11.5 Å². The van der Waals surface area contributed by atoms with Crippen LogP contribution in [0.25, 0.3) is 0 Å². The third kappa shape index (κ3) is 2.35. The molecule has 1 fully saturated rings. The minimum Gasteiger partial charge on any atom is -0.297 e. The number of hydrogen-bond donors (Lipinski definition) is 0. The van der Waals surface area contributed by atoms with Crippen molar-refractivity contribution in [2.45, 2.75) is 52.5 Å². The van der Waals surface area contributed by atoms with Gasteiger partial charge < -0.3 is 0 Å². The molecule has 0 unspecified atom stereocenters. The smallest absolute Gasteiger partial charge is 0.155 e. The summed E-state index contributed by atoms with van der Waals surface area (Å²) in [6, 6.07) is 0. The minimum atomic E-state index is -0.255. The standard InChI is InChI=1S/C12H23NO/c1-10(2)11(14)12(3,4)13-8-6-5-7-9-13/h10H,5-9H2,1-4H3. The van der Waals surface area contributed by atoms with Crippen molar-refractivity contribution in [2.24, 2.45) is 5.92 Å². The lowest BCUT2D eigenvalue weighted by molar-refractivity contribution is -0.133. The Morgan fingerprint density at radius 2 is 1.64 bits per heavy atom. The molecule has 0 aromatic rings. The van der Waals surface area contributed by atoms with Crippen LogP contribution in [0.4, 0.5) is 0 Å². The van der Waals surface area contributed by atoms with Crippen molar-refractivity contribution in [1.82, 2.24) is 4.90 Å². The molecule has 1 rings (SSSR count). The molecule has 14 heavy (non-hydrogen) atoms. The highest BCUT2D eigenvalue weighted by molar-refractivity contribution is 5.89. The maximum atomic E-state index is 12.0. The average Bonchev–Trinajstić information content (AvgIpc) is 2.18. The summed E-state index contributed by atoms with van der Waals surface area (Å²) in [6.45, 7) is 10.3. The van der Waals surface area contributed by atoms with Gasteiger partial charge in [-0.3, -0.25) is 9.69 Å². The van der Waals surface area contributed by atoms with Gasteiger partial charge in [-0.1, -0.05) is 20.3 Å².